The van der Waals surface area contributed by atoms with Crippen LogP contribution in [0.3, 0.4) is 0 Å². The van der Waals surface area contributed by atoms with Crippen LogP contribution in [0.15, 0.2) is 17.8 Å². The van der Waals surface area contributed by atoms with Gasteiger partial charge in [0, 0.05) is 11.8 Å². The molecule has 1 heterocycles. The van der Waals surface area contributed by atoms with Gasteiger partial charge in [-0.25, -0.2) is 4.68 Å². The Labute approximate surface area is 376 Å². The van der Waals surface area contributed by atoms with Gasteiger partial charge >= 0.3 is 17.9 Å². The molecule has 62 heavy (non-hydrogen) atoms. The molecule has 5 aliphatic rings. The summed E-state index contributed by atoms with van der Waals surface area (Å²) in [6, 6.07) is 0. The summed E-state index contributed by atoms with van der Waals surface area (Å²) in [6.45, 7) is 19.2. The van der Waals surface area contributed by atoms with Gasteiger partial charge in [0.1, 0.15) is 24.9 Å². The first-order valence-corrected chi connectivity index (χ1v) is 25.6. The normalized spacial score (nSPS) is 33.3. The van der Waals surface area contributed by atoms with Gasteiger partial charge in [-0.1, -0.05) is 162 Å². The molecule has 0 amide bonds. The van der Waals surface area contributed by atoms with Crippen LogP contribution in [-0.4, -0.2) is 44.1 Å². The molecule has 1 aromatic heterocycles. The average molecular weight is 862 g/mol. The zero-order chi connectivity index (χ0) is 44.8. The van der Waals surface area contributed by atoms with Crippen molar-refractivity contribution in [2.75, 3.05) is 0 Å². The van der Waals surface area contributed by atoms with Gasteiger partial charge in [0.25, 0.3) is 0 Å². The summed E-state index contributed by atoms with van der Waals surface area (Å²) in [5.74, 6) is -0.110. The number of esters is 2. The molecule has 9 heteroatoms. The molecule has 4 saturated carbocycles. The van der Waals surface area contributed by atoms with E-state index in [1.54, 1.807) is 6.20 Å². The maximum atomic E-state index is 13.5. The number of nitrogens with zero attached hydrogens (tertiary/aromatic N) is 3. The Bertz CT molecular complexity index is 1720. The molecule has 9 nitrogen and oxygen atoms in total. The molecule has 0 unspecified atom stereocenters. The van der Waals surface area contributed by atoms with E-state index in [4.69, 9.17) is 9.47 Å². The Kier molecular flexibility index (Phi) is 15.9. The van der Waals surface area contributed by atoms with E-state index in [9.17, 15) is 19.5 Å². The van der Waals surface area contributed by atoms with E-state index in [1.165, 1.54) is 93.7 Å². The summed E-state index contributed by atoms with van der Waals surface area (Å²) < 4.78 is 13.3. The second kappa shape index (κ2) is 20.2. The monoisotopic (exact) mass is 862 g/mol. The molecule has 0 bridgehead atoms. The second-order valence-electron chi connectivity index (χ2n) is 23.3. The van der Waals surface area contributed by atoms with Crippen molar-refractivity contribution in [1.29, 1.82) is 0 Å². The summed E-state index contributed by atoms with van der Waals surface area (Å²) >= 11 is 0. The molecule has 8 atom stereocenters. The second-order valence-corrected chi connectivity index (χ2v) is 23.3. The highest BCUT2D eigenvalue weighted by Gasteiger charge is 2.69. The standard InChI is InChI=1S/C53H87N3O6/c1-9-10-11-12-13-14-15-16-17-18-19-20-21-22-23-24-45(57)61-38-39-36-56(55-54-39)37-46(58)62-44-28-29-50(6)42(49(44,4)5)27-30-52(8)43(50)26-25-40-41-35-48(2,3)31-33-53(41,47(59)60)34-32-51(40,52)7/h25,36,41-44H,9-24,26-35,37-38H2,1-8H3,(H,59,60)/t41-,42-,43+,44-,50-,51+,52+,53-/m0/s1. The predicted octanol–water partition coefficient (Wildman–Crippen LogP) is 13.4. The third-order valence-corrected chi connectivity index (χ3v) is 18.5. The van der Waals surface area contributed by atoms with Crippen molar-refractivity contribution in [3.63, 3.8) is 0 Å². The predicted molar refractivity (Wildman–Crippen MR) is 246 cm³/mol. The van der Waals surface area contributed by atoms with Crippen LogP contribution < -0.4 is 0 Å². The van der Waals surface area contributed by atoms with Crippen LogP contribution in [-0.2, 0) is 37.0 Å². The molecule has 0 saturated heterocycles. The molecule has 1 aromatic rings. The Morgan fingerprint density at radius 1 is 0.742 bits per heavy atom. The van der Waals surface area contributed by atoms with Gasteiger partial charge in [-0.05, 0) is 110 Å². The summed E-state index contributed by atoms with van der Waals surface area (Å²) in [5.41, 5.74) is 1.46. The molecule has 0 aliphatic heterocycles. The fourth-order valence-electron chi connectivity index (χ4n) is 14.5. The number of carbonyl (C=O) groups is 3. The summed E-state index contributed by atoms with van der Waals surface area (Å²) in [6.07, 6.45) is 33.3. The zero-order valence-electron chi connectivity index (χ0n) is 40.6. The van der Waals surface area contributed by atoms with Gasteiger partial charge in [0.05, 0.1) is 11.6 Å². The first kappa shape index (κ1) is 48.7. The highest BCUT2D eigenvalue weighted by atomic mass is 16.5. The fraction of sp³-hybridized carbons (Fsp3) is 0.868. The van der Waals surface area contributed by atoms with Crippen LogP contribution in [0.25, 0.3) is 0 Å². The Hall–Kier alpha value is -2.71. The van der Waals surface area contributed by atoms with Crippen molar-refractivity contribution in [3.05, 3.63) is 23.5 Å². The Morgan fingerprint density at radius 3 is 1.98 bits per heavy atom. The zero-order valence-corrected chi connectivity index (χ0v) is 40.6. The van der Waals surface area contributed by atoms with E-state index >= 15 is 0 Å². The SMILES string of the molecule is CCCCCCCCCCCCCCCCCC(=O)OCc1cn(CC(=O)O[C@H]2CC[C@]3(C)[C@H]4CC=C5[C@@H]6CC(C)(C)CC[C@]6(C(=O)O)CC[C@@]5(C)[C@]4(C)CC[C@H]3C2(C)C)nn1. The fourth-order valence-corrected chi connectivity index (χ4v) is 14.5. The van der Waals surface area contributed by atoms with Crippen molar-refractivity contribution in [3.8, 4) is 0 Å². The minimum atomic E-state index is -0.624. The lowest BCUT2D eigenvalue weighted by atomic mass is 9.33. The van der Waals surface area contributed by atoms with Gasteiger partial charge in [0.15, 0.2) is 0 Å². The van der Waals surface area contributed by atoms with Crippen LogP contribution in [0.5, 0.6) is 0 Å². The summed E-state index contributed by atoms with van der Waals surface area (Å²) in [4.78, 5) is 39.0. The van der Waals surface area contributed by atoms with E-state index in [1.807, 2.05) is 0 Å². The molecule has 1 N–H and O–H groups in total. The van der Waals surface area contributed by atoms with E-state index in [0.717, 1.165) is 77.0 Å². The van der Waals surface area contributed by atoms with Crippen molar-refractivity contribution in [2.45, 2.75) is 242 Å². The van der Waals surface area contributed by atoms with Crippen LogP contribution in [0, 0.1) is 50.2 Å². The molecule has 5 aliphatic carbocycles. The first-order valence-electron chi connectivity index (χ1n) is 25.6. The third kappa shape index (κ3) is 10.2. The van der Waals surface area contributed by atoms with Gasteiger partial charge in [0.2, 0.25) is 0 Å². The highest BCUT2D eigenvalue weighted by Crippen LogP contribution is 2.76. The van der Waals surface area contributed by atoms with Crippen molar-refractivity contribution >= 4 is 17.9 Å². The number of carbonyl (C=O) groups excluding carboxylic acids is 2. The van der Waals surface area contributed by atoms with Crippen LogP contribution in [0.1, 0.15) is 228 Å². The molecular weight excluding hydrogens is 775 g/mol. The number of ether oxygens (including phenoxy) is 2. The van der Waals surface area contributed by atoms with Crippen LogP contribution >= 0.6 is 0 Å². The molecule has 350 valence electrons. The number of aromatic nitrogens is 3. The van der Waals surface area contributed by atoms with Crippen molar-refractivity contribution < 1.29 is 29.0 Å². The number of rotatable bonds is 22. The minimum Gasteiger partial charge on any atom is -0.481 e. The first-order chi connectivity index (χ1) is 29.4. The van der Waals surface area contributed by atoms with Gasteiger partial charge in [-0.15, -0.1) is 5.10 Å². The average Bonchev–Trinajstić information content (AvgIpc) is 3.66. The number of carboxylic acid groups (broad SMARTS) is 1. The maximum absolute atomic E-state index is 13.5. The molecular formula is C53H87N3O6. The van der Waals surface area contributed by atoms with Crippen LogP contribution in [0.2, 0.25) is 0 Å². The quantitative estimate of drug-likeness (QED) is 0.0695. The molecule has 4 fully saturated rings. The topological polar surface area (TPSA) is 121 Å². The van der Waals surface area contributed by atoms with E-state index in [2.05, 4.69) is 71.8 Å². The lowest BCUT2D eigenvalue weighted by molar-refractivity contribution is -0.214. The third-order valence-electron chi connectivity index (χ3n) is 18.5. The van der Waals surface area contributed by atoms with Gasteiger partial charge < -0.3 is 14.6 Å². The number of aliphatic carboxylic acids is 1. The van der Waals surface area contributed by atoms with Crippen LogP contribution in [0.4, 0.5) is 0 Å². The Morgan fingerprint density at radius 2 is 1.35 bits per heavy atom. The van der Waals surface area contributed by atoms with E-state index < -0.39 is 11.4 Å². The lowest BCUT2D eigenvalue weighted by Crippen LogP contribution is -2.65. The highest BCUT2D eigenvalue weighted by molar-refractivity contribution is 5.76. The number of hydrogen-bond acceptors (Lipinski definition) is 7. The number of allylic oxidation sites excluding steroid dienone is 2. The molecule has 0 aromatic carbocycles. The number of fused-ring (bicyclic) bond motifs is 7. The number of carboxylic acids is 1. The number of hydrogen-bond donors (Lipinski definition) is 1. The molecule has 0 radical (unpaired) electrons. The smallest absolute Gasteiger partial charge is 0.328 e. The summed E-state index contributed by atoms with van der Waals surface area (Å²) in [7, 11) is 0. The molecule has 0 spiro atoms. The minimum absolute atomic E-state index is 0.0189. The largest absolute Gasteiger partial charge is 0.481 e. The van der Waals surface area contributed by atoms with Crippen molar-refractivity contribution in [1.82, 2.24) is 15.0 Å². The van der Waals surface area contributed by atoms with Gasteiger partial charge in [-0.3, -0.25) is 14.4 Å². The van der Waals surface area contributed by atoms with E-state index in [-0.39, 0.29) is 64.2 Å². The number of unbranched alkanes of at least 4 members (excludes halogenated alkanes) is 14. The van der Waals surface area contributed by atoms with Crippen molar-refractivity contribution in [2.24, 2.45) is 50.2 Å². The van der Waals surface area contributed by atoms with E-state index in [0.29, 0.717) is 24.0 Å². The Balaban J connectivity index is 0.926. The molecule has 6 rings (SSSR count). The van der Waals surface area contributed by atoms with Gasteiger partial charge in [-0.2, -0.15) is 0 Å². The maximum Gasteiger partial charge on any atom is 0.328 e. The summed E-state index contributed by atoms with van der Waals surface area (Å²) in [5, 5.41) is 19.1. The lowest BCUT2D eigenvalue weighted by Gasteiger charge is -2.71.